The van der Waals surface area contributed by atoms with Gasteiger partial charge in [0.1, 0.15) is 11.5 Å². The molecule has 1 aromatic rings. The second kappa shape index (κ2) is 4.57. The average Bonchev–Trinajstić information content (AvgIpc) is 3.28. The van der Waals surface area contributed by atoms with Gasteiger partial charge >= 0.3 is 0 Å². The first-order chi connectivity index (χ1) is 8.78. The molecule has 0 saturated heterocycles. The first-order valence-electron chi connectivity index (χ1n) is 6.52. The number of pyridine rings is 1. The van der Waals surface area contributed by atoms with Gasteiger partial charge < -0.3 is 10.3 Å². The van der Waals surface area contributed by atoms with Crippen LogP contribution in [0.3, 0.4) is 0 Å². The highest BCUT2D eigenvalue weighted by molar-refractivity contribution is 5.93. The minimum absolute atomic E-state index is 0.0431. The molecule has 1 heterocycles. The molecular formula is C13H18N4O. The summed E-state index contributed by atoms with van der Waals surface area (Å²) in [6.07, 6.45) is 4.78. The lowest BCUT2D eigenvalue weighted by molar-refractivity contribution is 0.0729. The number of carbonyl (C=O) groups excluding carboxylic acids is 1. The summed E-state index contributed by atoms with van der Waals surface area (Å²) in [6, 6.07) is 5.75. The van der Waals surface area contributed by atoms with E-state index in [4.69, 9.17) is 5.84 Å². The normalized spacial score (nSPS) is 18.5. The second-order valence-corrected chi connectivity index (χ2v) is 5.18. The molecule has 96 valence electrons. The van der Waals surface area contributed by atoms with E-state index >= 15 is 0 Å². The Labute approximate surface area is 106 Å². The Kier molecular flexibility index (Phi) is 2.91. The fraction of sp³-hybridized carbons (Fsp3) is 0.538. The van der Waals surface area contributed by atoms with E-state index in [0.717, 1.165) is 19.4 Å². The Hall–Kier alpha value is -1.62. The van der Waals surface area contributed by atoms with Gasteiger partial charge in [0.15, 0.2) is 0 Å². The first kappa shape index (κ1) is 11.5. The molecular weight excluding hydrogens is 228 g/mol. The summed E-state index contributed by atoms with van der Waals surface area (Å²) in [7, 11) is 0. The van der Waals surface area contributed by atoms with Crippen molar-refractivity contribution in [3.8, 4) is 0 Å². The van der Waals surface area contributed by atoms with Gasteiger partial charge in [0.05, 0.1) is 0 Å². The summed E-state index contributed by atoms with van der Waals surface area (Å²) in [4.78, 5) is 18.7. The summed E-state index contributed by atoms with van der Waals surface area (Å²) >= 11 is 0. The maximum atomic E-state index is 12.5. The summed E-state index contributed by atoms with van der Waals surface area (Å²) < 4.78 is 0. The molecule has 5 nitrogen and oxygen atoms in total. The Balaban J connectivity index is 1.77. The number of amides is 1. The molecule has 2 saturated carbocycles. The van der Waals surface area contributed by atoms with Gasteiger partial charge in [-0.25, -0.2) is 10.8 Å². The molecule has 1 amide bonds. The Bertz CT molecular complexity index is 454. The van der Waals surface area contributed by atoms with Gasteiger partial charge in [0, 0.05) is 12.6 Å². The Morgan fingerprint density at radius 2 is 2.17 bits per heavy atom. The summed E-state index contributed by atoms with van der Waals surface area (Å²) in [5.74, 6) is 6.61. The van der Waals surface area contributed by atoms with Crippen LogP contribution in [0.15, 0.2) is 18.2 Å². The molecule has 0 bridgehead atoms. The number of aromatic nitrogens is 1. The standard InChI is InChI=1S/C13H18N4O/c14-16-12-3-1-2-11(15-12)13(18)17(10-6-7-10)8-9-4-5-9/h1-3,9-10H,4-8,14H2,(H,15,16). The van der Waals surface area contributed by atoms with Gasteiger partial charge in [-0.2, -0.15) is 0 Å². The molecule has 0 radical (unpaired) electrons. The Morgan fingerprint density at radius 1 is 1.39 bits per heavy atom. The van der Waals surface area contributed by atoms with Gasteiger partial charge in [-0.15, -0.1) is 0 Å². The van der Waals surface area contributed by atoms with Gasteiger partial charge in [-0.1, -0.05) is 6.07 Å². The van der Waals surface area contributed by atoms with Crippen molar-refractivity contribution in [2.24, 2.45) is 11.8 Å². The van der Waals surface area contributed by atoms with Crippen LogP contribution in [-0.4, -0.2) is 28.4 Å². The number of nitrogens with one attached hydrogen (secondary N) is 1. The zero-order valence-corrected chi connectivity index (χ0v) is 10.3. The molecule has 1 aromatic heterocycles. The molecule has 0 atom stereocenters. The largest absolute Gasteiger partial charge is 0.334 e. The van der Waals surface area contributed by atoms with Crippen molar-refractivity contribution in [1.29, 1.82) is 0 Å². The molecule has 3 N–H and O–H groups in total. The number of nitrogens with zero attached hydrogens (tertiary/aromatic N) is 2. The third kappa shape index (κ3) is 2.46. The predicted octanol–water partition coefficient (Wildman–Crippen LogP) is 1.38. The smallest absolute Gasteiger partial charge is 0.272 e. The molecule has 2 aliphatic rings. The number of nitrogen functional groups attached to an aromatic ring is 1. The van der Waals surface area contributed by atoms with E-state index < -0.39 is 0 Å². The van der Waals surface area contributed by atoms with Crippen LogP contribution in [0.2, 0.25) is 0 Å². The predicted molar refractivity (Wildman–Crippen MR) is 68.8 cm³/mol. The van der Waals surface area contributed by atoms with Crippen LogP contribution in [0.4, 0.5) is 5.82 Å². The average molecular weight is 246 g/mol. The molecule has 3 rings (SSSR count). The van der Waals surface area contributed by atoms with E-state index in [2.05, 4.69) is 10.4 Å². The van der Waals surface area contributed by atoms with Crippen LogP contribution < -0.4 is 11.3 Å². The first-order valence-corrected chi connectivity index (χ1v) is 6.52. The van der Waals surface area contributed by atoms with Crippen molar-refractivity contribution in [1.82, 2.24) is 9.88 Å². The lowest BCUT2D eigenvalue weighted by atomic mass is 10.2. The van der Waals surface area contributed by atoms with Gasteiger partial charge in [-0.3, -0.25) is 4.79 Å². The van der Waals surface area contributed by atoms with Crippen LogP contribution in [-0.2, 0) is 0 Å². The van der Waals surface area contributed by atoms with Crippen molar-refractivity contribution in [2.75, 3.05) is 12.0 Å². The highest BCUT2D eigenvalue weighted by atomic mass is 16.2. The molecule has 18 heavy (non-hydrogen) atoms. The van der Waals surface area contributed by atoms with E-state index in [1.807, 2.05) is 4.90 Å². The summed E-state index contributed by atoms with van der Waals surface area (Å²) in [5, 5.41) is 0. The molecule has 0 unspecified atom stereocenters. The summed E-state index contributed by atoms with van der Waals surface area (Å²) in [5.41, 5.74) is 2.96. The van der Waals surface area contributed by atoms with Gasteiger partial charge in [-0.05, 0) is 43.7 Å². The van der Waals surface area contributed by atoms with Crippen LogP contribution in [0, 0.1) is 5.92 Å². The maximum absolute atomic E-state index is 12.5. The van der Waals surface area contributed by atoms with Crippen molar-refractivity contribution in [3.05, 3.63) is 23.9 Å². The fourth-order valence-electron chi connectivity index (χ4n) is 2.14. The third-order valence-electron chi connectivity index (χ3n) is 3.52. The van der Waals surface area contributed by atoms with Crippen molar-refractivity contribution >= 4 is 11.7 Å². The highest BCUT2D eigenvalue weighted by Gasteiger charge is 2.37. The molecule has 0 aromatic carbocycles. The molecule has 0 aliphatic heterocycles. The van der Waals surface area contributed by atoms with Crippen molar-refractivity contribution < 1.29 is 4.79 Å². The van der Waals surface area contributed by atoms with Crippen LogP contribution in [0.5, 0.6) is 0 Å². The maximum Gasteiger partial charge on any atom is 0.272 e. The zero-order chi connectivity index (χ0) is 12.5. The molecule has 2 fully saturated rings. The number of nitrogens with two attached hydrogens (primary N) is 1. The SMILES string of the molecule is NNc1cccc(C(=O)N(CC2CC2)C2CC2)n1. The quantitative estimate of drug-likeness (QED) is 0.608. The number of hydrazine groups is 1. The van der Waals surface area contributed by atoms with Gasteiger partial charge in [0.2, 0.25) is 0 Å². The number of anilines is 1. The van der Waals surface area contributed by atoms with Crippen LogP contribution in [0.1, 0.15) is 36.2 Å². The lowest BCUT2D eigenvalue weighted by Crippen LogP contribution is -2.35. The van der Waals surface area contributed by atoms with Crippen LogP contribution in [0.25, 0.3) is 0 Å². The zero-order valence-electron chi connectivity index (χ0n) is 10.3. The van der Waals surface area contributed by atoms with E-state index in [0.29, 0.717) is 23.5 Å². The van der Waals surface area contributed by atoms with Crippen LogP contribution >= 0.6 is 0 Å². The lowest BCUT2D eigenvalue weighted by Gasteiger charge is -2.22. The highest BCUT2D eigenvalue weighted by Crippen LogP contribution is 2.35. The minimum atomic E-state index is 0.0431. The monoisotopic (exact) mass is 246 g/mol. The topological polar surface area (TPSA) is 71.2 Å². The minimum Gasteiger partial charge on any atom is -0.334 e. The van der Waals surface area contributed by atoms with Crippen molar-refractivity contribution in [2.45, 2.75) is 31.7 Å². The molecule has 0 spiro atoms. The van der Waals surface area contributed by atoms with E-state index in [9.17, 15) is 4.79 Å². The van der Waals surface area contributed by atoms with E-state index in [-0.39, 0.29) is 5.91 Å². The fourth-order valence-corrected chi connectivity index (χ4v) is 2.14. The third-order valence-corrected chi connectivity index (χ3v) is 3.52. The number of hydrogen-bond acceptors (Lipinski definition) is 4. The molecule has 5 heteroatoms. The van der Waals surface area contributed by atoms with E-state index in [1.165, 1.54) is 12.8 Å². The van der Waals surface area contributed by atoms with Gasteiger partial charge in [0.25, 0.3) is 5.91 Å². The Morgan fingerprint density at radius 3 is 2.78 bits per heavy atom. The second-order valence-electron chi connectivity index (χ2n) is 5.18. The number of hydrogen-bond donors (Lipinski definition) is 2. The number of carbonyl (C=O) groups is 1. The summed E-state index contributed by atoms with van der Waals surface area (Å²) in [6.45, 7) is 0.894. The molecule has 2 aliphatic carbocycles. The van der Waals surface area contributed by atoms with Crippen molar-refractivity contribution in [3.63, 3.8) is 0 Å². The number of rotatable bonds is 5. The van der Waals surface area contributed by atoms with E-state index in [1.54, 1.807) is 18.2 Å².